The molecular formula is C22H23N5O. The van der Waals surface area contributed by atoms with Gasteiger partial charge in [-0.2, -0.15) is 5.10 Å². The van der Waals surface area contributed by atoms with Crippen LogP contribution in [0.3, 0.4) is 0 Å². The summed E-state index contributed by atoms with van der Waals surface area (Å²) < 4.78 is 3.65. The molecule has 6 heteroatoms. The summed E-state index contributed by atoms with van der Waals surface area (Å²) in [7, 11) is 4.05. The Bertz CT molecular complexity index is 1230. The molecule has 0 bridgehead atoms. The molecule has 0 aliphatic carbocycles. The Morgan fingerprint density at radius 1 is 0.964 bits per heavy atom. The molecule has 0 saturated carbocycles. The fourth-order valence-electron chi connectivity index (χ4n) is 4.18. The van der Waals surface area contributed by atoms with Gasteiger partial charge in [-0.25, -0.2) is 4.98 Å². The SMILES string of the molecule is CN1CCC(n2cnc3cc(-c4ccc5nn(C)cc5c4)ccc3c2=O)CC1. The summed E-state index contributed by atoms with van der Waals surface area (Å²) in [6.45, 7) is 2.04. The predicted octanol–water partition coefficient (Wildman–Crippen LogP) is 3.22. The quantitative estimate of drug-likeness (QED) is 0.541. The highest BCUT2D eigenvalue weighted by Crippen LogP contribution is 2.26. The lowest BCUT2D eigenvalue weighted by atomic mass is 10.0. The molecule has 1 fully saturated rings. The number of rotatable bonds is 2. The second-order valence-corrected chi connectivity index (χ2v) is 7.80. The van der Waals surface area contributed by atoms with Crippen LogP contribution in [0.5, 0.6) is 0 Å². The Labute approximate surface area is 163 Å². The van der Waals surface area contributed by atoms with E-state index in [1.807, 2.05) is 46.8 Å². The van der Waals surface area contributed by atoms with Crippen molar-refractivity contribution in [1.29, 1.82) is 0 Å². The highest BCUT2D eigenvalue weighted by Gasteiger charge is 2.20. The van der Waals surface area contributed by atoms with Gasteiger partial charge in [-0.1, -0.05) is 12.1 Å². The third-order valence-corrected chi connectivity index (χ3v) is 5.82. The van der Waals surface area contributed by atoms with Crippen LogP contribution in [0.15, 0.2) is 53.7 Å². The lowest BCUT2D eigenvalue weighted by molar-refractivity contribution is 0.218. The number of aryl methyl sites for hydroxylation is 1. The van der Waals surface area contributed by atoms with E-state index in [4.69, 9.17) is 0 Å². The van der Waals surface area contributed by atoms with E-state index in [0.29, 0.717) is 5.39 Å². The zero-order valence-corrected chi connectivity index (χ0v) is 16.2. The molecular weight excluding hydrogens is 350 g/mol. The van der Waals surface area contributed by atoms with Crippen LogP contribution in [0.2, 0.25) is 0 Å². The molecule has 4 aromatic rings. The average Bonchev–Trinajstić information content (AvgIpc) is 3.08. The van der Waals surface area contributed by atoms with Crippen LogP contribution < -0.4 is 5.56 Å². The molecule has 2 aromatic heterocycles. The average molecular weight is 373 g/mol. The number of piperidine rings is 1. The molecule has 0 unspecified atom stereocenters. The van der Waals surface area contributed by atoms with Crippen molar-refractivity contribution < 1.29 is 0 Å². The van der Waals surface area contributed by atoms with E-state index >= 15 is 0 Å². The summed E-state index contributed by atoms with van der Waals surface area (Å²) in [6, 6.07) is 12.4. The summed E-state index contributed by atoms with van der Waals surface area (Å²) in [5.41, 5.74) is 3.95. The largest absolute Gasteiger partial charge is 0.306 e. The van der Waals surface area contributed by atoms with Gasteiger partial charge in [0.1, 0.15) is 0 Å². The predicted molar refractivity (Wildman–Crippen MR) is 111 cm³/mol. The molecule has 0 N–H and O–H groups in total. The van der Waals surface area contributed by atoms with E-state index in [9.17, 15) is 4.79 Å². The lowest BCUT2D eigenvalue weighted by Gasteiger charge is -2.30. The van der Waals surface area contributed by atoms with Crippen molar-refractivity contribution in [2.75, 3.05) is 20.1 Å². The van der Waals surface area contributed by atoms with Gasteiger partial charge in [0.05, 0.1) is 22.7 Å². The topological polar surface area (TPSA) is 56.0 Å². The van der Waals surface area contributed by atoms with E-state index in [0.717, 1.165) is 53.5 Å². The van der Waals surface area contributed by atoms with Crippen molar-refractivity contribution in [2.45, 2.75) is 18.9 Å². The minimum absolute atomic E-state index is 0.0637. The summed E-state index contributed by atoms with van der Waals surface area (Å²) in [4.78, 5) is 20.0. The molecule has 2 aromatic carbocycles. The Kier molecular flexibility index (Phi) is 4.02. The minimum atomic E-state index is 0.0637. The van der Waals surface area contributed by atoms with Crippen LogP contribution in [-0.4, -0.2) is 44.4 Å². The van der Waals surface area contributed by atoms with Crippen LogP contribution in [-0.2, 0) is 7.05 Å². The summed E-state index contributed by atoms with van der Waals surface area (Å²) >= 11 is 0. The number of hydrogen-bond acceptors (Lipinski definition) is 4. The summed E-state index contributed by atoms with van der Waals surface area (Å²) in [5.74, 6) is 0. The van der Waals surface area contributed by atoms with Gasteiger partial charge in [-0.05, 0) is 68.4 Å². The standard InChI is InChI=1S/C22H23N5O/c1-25-9-7-18(8-10-25)27-14-23-21-12-16(3-5-19(21)22(27)28)15-4-6-20-17(11-15)13-26(2)24-20/h3-6,11-14,18H,7-10H2,1-2H3. The molecule has 142 valence electrons. The van der Waals surface area contributed by atoms with Crippen molar-refractivity contribution >= 4 is 21.8 Å². The van der Waals surface area contributed by atoms with Crippen molar-refractivity contribution in [1.82, 2.24) is 24.2 Å². The Morgan fingerprint density at radius 2 is 1.71 bits per heavy atom. The molecule has 1 aliphatic heterocycles. The number of fused-ring (bicyclic) bond motifs is 2. The Balaban J connectivity index is 1.54. The number of nitrogens with zero attached hydrogens (tertiary/aromatic N) is 5. The van der Waals surface area contributed by atoms with Gasteiger partial charge >= 0.3 is 0 Å². The zero-order chi connectivity index (χ0) is 19.3. The van der Waals surface area contributed by atoms with Gasteiger partial charge in [-0.3, -0.25) is 14.0 Å². The smallest absolute Gasteiger partial charge is 0.261 e. The van der Waals surface area contributed by atoms with E-state index < -0.39 is 0 Å². The van der Waals surface area contributed by atoms with Gasteiger partial charge in [0.2, 0.25) is 0 Å². The maximum absolute atomic E-state index is 13.0. The van der Waals surface area contributed by atoms with Crippen LogP contribution in [0.25, 0.3) is 32.9 Å². The van der Waals surface area contributed by atoms with E-state index in [1.54, 1.807) is 6.33 Å². The highest BCUT2D eigenvalue weighted by atomic mass is 16.1. The molecule has 1 saturated heterocycles. The molecule has 0 spiro atoms. The number of hydrogen-bond donors (Lipinski definition) is 0. The first-order valence-electron chi connectivity index (χ1n) is 9.72. The molecule has 0 atom stereocenters. The van der Waals surface area contributed by atoms with Crippen molar-refractivity contribution in [3.05, 3.63) is 59.3 Å². The fraction of sp³-hybridized carbons (Fsp3) is 0.318. The molecule has 0 amide bonds. The van der Waals surface area contributed by atoms with Gasteiger partial charge in [-0.15, -0.1) is 0 Å². The normalized spacial score (nSPS) is 16.2. The molecule has 1 aliphatic rings. The van der Waals surface area contributed by atoms with Crippen molar-refractivity contribution in [3.63, 3.8) is 0 Å². The van der Waals surface area contributed by atoms with Crippen LogP contribution in [0.1, 0.15) is 18.9 Å². The molecule has 6 nitrogen and oxygen atoms in total. The van der Waals surface area contributed by atoms with Crippen LogP contribution >= 0.6 is 0 Å². The second kappa shape index (κ2) is 6.56. The molecule has 0 radical (unpaired) electrons. The third kappa shape index (κ3) is 2.90. The van der Waals surface area contributed by atoms with Gasteiger partial charge in [0, 0.05) is 24.7 Å². The maximum atomic E-state index is 13.0. The van der Waals surface area contributed by atoms with Gasteiger partial charge < -0.3 is 4.90 Å². The Morgan fingerprint density at radius 3 is 2.54 bits per heavy atom. The van der Waals surface area contributed by atoms with E-state index in [2.05, 4.69) is 34.2 Å². The third-order valence-electron chi connectivity index (χ3n) is 5.82. The van der Waals surface area contributed by atoms with Crippen molar-refractivity contribution in [3.8, 4) is 11.1 Å². The fourth-order valence-corrected chi connectivity index (χ4v) is 4.18. The van der Waals surface area contributed by atoms with Crippen LogP contribution in [0.4, 0.5) is 0 Å². The zero-order valence-electron chi connectivity index (χ0n) is 16.2. The van der Waals surface area contributed by atoms with Crippen molar-refractivity contribution in [2.24, 2.45) is 7.05 Å². The second-order valence-electron chi connectivity index (χ2n) is 7.80. The summed E-state index contributed by atoms with van der Waals surface area (Å²) in [6.07, 6.45) is 5.73. The first-order chi connectivity index (χ1) is 13.6. The summed E-state index contributed by atoms with van der Waals surface area (Å²) in [5, 5.41) is 6.22. The number of benzene rings is 2. The van der Waals surface area contributed by atoms with Gasteiger partial charge in [0.15, 0.2) is 0 Å². The van der Waals surface area contributed by atoms with E-state index in [-0.39, 0.29) is 11.6 Å². The first kappa shape index (κ1) is 17.1. The highest BCUT2D eigenvalue weighted by molar-refractivity contribution is 5.88. The number of likely N-dealkylation sites (tertiary alicyclic amines) is 1. The number of aromatic nitrogens is 4. The maximum Gasteiger partial charge on any atom is 0.261 e. The molecule has 5 rings (SSSR count). The minimum Gasteiger partial charge on any atom is -0.306 e. The molecule has 28 heavy (non-hydrogen) atoms. The molecule has 3 heterocycles. The first-order valence-corrected chi connectivity index (χ1v) is 9.72. The van der Waals surface area contributed by atoms with Gasteiger partial charge in [0.25, 0.3) is 5.56 Å². The lowest BCUT2D eigenvalue weighted by Crippen LogP contribution is -2.35. The Hall–Kier alpha value is -2.99. The van der Waals surface area contributed by atoms with Crippen LogP contribution in [0, 0.1) is 0 Å². The van der Waals surface area contributed by atoms with E-state index in [1.165, 1.54) is 0 Å². The monoisotopic (exact) mass is 373 g/mol.